The van der Waals surface area contributed by atoms with Crippen LogP contribution in [0.1, 0.15) is 0 Å². The van der Waals surface area contributed by atoms with Gasteiger partial charge in [0.05, 0.1) is 10.6 Å². The maximum Gasteiger partial charge on any atom is 0.447 e. The minimum Gasteiger partial charge on any atom is -0.285 e. The molecule has 0 aliphatic rings. The van der Waals surface area contributed by atoms with Crippen molar-refractivity contribution >= 4 is 12.9 Å². The average Bonchev–Trinajstić information content (AvgIpc) is 1.81. The van der Waals surface area contributed by atoms with Crippen LogP contribution >= 0.6 is 0 Å². The number of hydrogen-bond donors (Lipinski definition) is 0. The van der Waals surface area contributed by atoms with Gasteiger partial charge in [-0.1, -0.05) is 0 Å². The van der Waals surface area contributed by atoms with Gasteiger partial charge < -0.3 is 0 Å². The summed E-state index contributed by atoms with van der Waals surface area (Å²) in [6.07, 6.45) is 0. The summed E-state index contributed by atoms with van der Waals surface area (Å²) in [5.74, 6) is 0. The summed E-state index contributed by atoms with van der Waals surface area (Å²) >= 11 is 0. The minimum atomic E-state index is 0.906. The predicted molar refractivity (Wildman–Crippen MR) is 18.4 cm³/mol. The molecule has 0 fully saturated rings. The lowest BCUT2D eigenvalue weighted by Gasteiger charge is -1.73. The predicted octanol–water partition coefficient (Wildman–Crippen LogP) is -0.564. The monoisotopic (exact) mass is 116 g/mol. The molecule has 0 saturated heterocycles. The zero-order valence-corrected chi connectivity index (χ0v) is 3.53. The molecule has 0 aromatic carbocycles. The van der Waals surface area contributed by atoms with Crippen LogP contribution in [0.4, 0.5) is 0 Å². The van der Waals surface area contributed by atoms with Crippen molar-refractivity contribution in [3.05, 3.63) is 0 Å². The number of rotatable bonds is 4. The van der Waals surface area contributed by atoms with E-state index >= 15 is 0 Å². The fraction of sp³-hybridized carbons (Fsp3) is 0. The number of carbonyl (C=O) groups excluding carboxylic acids is 2. The van der Waals surface area contributed by atoms with Crippen molar-refractivity contribution in [3.8, 4) is 0 Å². The minimum absolute atomic E-state index is 0.906. The summed E-state index contributed by atoms with van der Waals surface area (Å²) in [6.45, 7) is 1.81. The molecule has 6 heteroatoms. The first-order valence-electron chi connectivity index (χ1n) is 1.38. The van der Waals surface area contributed by atoms with Gasteiger partial charge in [0.2, 0.25) is 0 Å². The van der Waals surface area contributed by atoms with Crippen LogP contribution in [-0.4, -0.2) is 12.9 Å². The SMILES string of the molecule is O=[C]ON=NO[C]=O. The molecule has 0 amide bonds. The van der Waals surface area contributed by atoms with Crippen molar-refractivity contribution in [2.45, 2.75) is 0 Å². The third-order valence-corrected chi connectivity index (χ3v) is 0.190. The van der Waals surface area contributed by atoms with Crippen LogP contribution in [0, 0.1) is 0 Å². The second-order valence-electron chi connectivity index (χ2n) is 0.513. The molecule has 42 valence electrons. The molecule has 0 aromatic heterocycles. The van der Waals surface area contributed by atoms with Gasteiger partial charge in [0.15, 0.2) is 0 Å². The fourth-order valence-corrected chi connectivity index (χ4v) is 0.0667. The van der Waals surface area contributed by atoms with Crippen LogP contribution in [0.3, 0.4) is 0 Å². The van der Waals surface area contributed by atoms with Crippen LogP contribution in [-0.2, 0) is 19.3 Å². The van der Waals surface area contributed by atoms with Gasteiger partial charge in [-0.05, 0) is 0 Å². The number of hydrogen-bond acceptors (Lipinski definition) is 6. The van der Waals surface area contributed by atoms with Crippen molar-refractivity contribution in [1.29, 1.82) is 0 Å². The molecule has 0 bridgehead atoms. The molecule has 6 nitrogen and oxygen atoms in total. The summed E-state index contributed by atoms with van der Waals surface area (Å²) in [5, 5.41) is 4.99. The standard InChI is InChI=1S/C2N2O4/c5-1-7-3-4-8-2-6. The van der Waals surface area contributed by atoms with E-state index in [1.54, 1.807) is 0 Å². The molecule has 8 heavy (non-hydrogen) atoms. The van der Waals surface area contributed by atoms with Gasteiger partial charge in [0.1, 0.15) is 0 Å². The molecule has 0 N–H and O–H groups in total. The highest BCUT2D eigenvalue weighted by Crippen LogP contribution is 1.72. The molecule has 0 unspecified atom stereocenters. The van der Waals surface area contributed by atoms with E-state index in [1.165, 1.54) is 0 Å². The second kappa shape index (κ2) is 5.54. The van der Waals surface area contributed by atoms with Crippen molar-refractivity contribution in [2.24, 2.45) is 10.6 Å². The zero-order valence-electron chi connectivity index (χ0n) is 3.53. The largest absolute Gasteiger partial charge is 0.447 e. The highest BCUT2D eigenvalue weighted by atomic mass is 16.7. The van der Waals surface area contributed by atoms with Gasteiger partial charge in [0, 0.05) is 0 Å². The summed E-state index contributed by atoms with van der Waals surface area (Å²) in [6, 6.07) is 0. The van der Waals surface area contributed by atoms with E-state index in [4.69, 9.17) is 9.59 Å². The molecule has 0 heterocycles. The van der Waals surface area contributed by atoms with Crippen molar-refractivity contribution in [1.82, 2.24) is 0 Å². The first-order chi connectivity index (χ1) is 3.91. The Morgan fingerprint density at radius 2 is 1.38 bits per heavy atom. The molecular formula is C2N2O4. The highest BCUT2D eigenvalue weighted by molar-refractivity contribution is 5.38. The molecule has 0 aliphatic carbocycles. The fourth-order valence-electron chi connectivity index (χ4n) is 0.0667. The van der Waals surface area contributed by atoms with Crippen LogP contribution in [0.2, 0.25) is 0 Å². The zero-order chi connectivity index (χ0) is 6.24. The van der Waals surface area contributed by atoms with E-state index in [1.807, 2.05) is 0 Å². The van der Waals surface area contributed by atoms with E-state index < -0.39 is 0 Å². The van der Waals surface area contributed by atoms with E-state index in [9.17, 15) is 0 Å². The Labute approximate surface area is 44.0 Å². The van der Waals surface area contributed by atoms with Gasteiger partial charge in [-0.2, -0.15) is 0 Å². The van der Waals surface area contributed by atoms with Gasteiger partial charge in [-0.25, -0.2) is 9.59 Å². The molecule has 0 atom stereocenters. The Morgan fingerprint density at radius 3 is 1.62 bits per heavy atom. The average molecular weight is 116 g/mol. The molecule has 0 saturated carbocycles. The van der Waals surface area contributed by atoms with Crippen LogP contribution in [0.15, 0.2) is 10.6 Å². The Hall–Kier alpha value is -1.46. The lowest BCUT2D eigenvalue weighted by atomic mass is 11.6. The quantitative estimate of drug-likeness (QED) is 0.364. The topological polar surface area (TPSA) is 77.3 Å². The number of nitrogens with zero attached hydrogens (tertiary/aromatic N) is 2. The Morgan fingerprint density at radius 1 is 1.00 bits per heavy atom. The molecule has 0 aliphatic heterocycles. The normalized spacial score (nSPS) is 8.50. The molecular weight excluding hydrogens is 116 g/mol. The van der Waals surface area contributed by atoms with E-state index in [0.29, 0.717) is 0 Å². The summed E-state index contributed by atoms with van der Waals surface area (Å²) in [4.78, 5) is 25.2. The molecule has 0 aromatic rings. The van der Waals surface area contributed by atoms with Crippen molar-refractivity contribution < 1.29 is 19.3 Å². The maximum absolute atomic E-state index is 9.11. The second-order valence-corrected chi connectivity index (χ2v) is 0.513. The van der Waals surface area contributed by atoms with Gasteiger partial charge in [-0.15, -0.1) is 0 Å². The Bertz CT molecular complexity index is 88.2. The summed E-state index contributed by atoms with van der Waals surface area (Å²) in [5.41, 5.74) is 0. The molecule has 2 radical (unpaired) electrons. The van der Waals surface area contributed by atoms with E-state index in [0.717, 1.165) is 12.9 Å². The first kappa shape index (κ1) is 6.54. The third kappa shape index (κ3) is 4.54. The molecule has 0 spiro atoms. The Kier molecular flexibility index (Phi) is 4.53. The Balaban J connectivity index is 3.06. The van der Waals surface area contributed by atoms with Crippen LogP contribution < -0.4 is 0 Å². The molecule has 0 rings (SSSR count). The van der Waals surface area contributed by atoms with Crippen LogP contribution in [0.5, 0.6) is 0 Å². The van der Waals surface area contributed by atoms with Gasteiger partial charge in [-0.3, -0.25) is 9.68 Å². The van der Waals surface area contributed by atoms with E-state index in [-0.39, 0.29) is 0 Å². The lowest BCUT2D eigenvalue weighted by Crippen LogP contribution is -1.75. The van der Waals surface area contributed by atoms with Crippen molar-refractivity contribution in [2.75, 3.05) is 0 Å². The summed E-state index contributed by atoms with van der Waals surface area (Å²) in [7, 11) is 0. The first-order valence-corrected chi connectivity index (χ1v) is 1.38. The van der Waals surface area contributed by atoms with Crippen molar-refractivity contribution in [3.63, 3.8) is 0 Å². The maximum atomic E-state index is 9.11. The smallest absolute Gasteiger partial charge is 0.285 e. The van der Waals surface area contributed by atoms with Gasteiger partial charge in [0.25, 0.3) is 0 Å². The van der Waals surface area contributed by atoms with Gasteiger partial charge >= 0.3 is 12.9 Å². The van der Waals surface area contributed by atoms with E-state index in [2.05, 4.69) is 20.2 Å². The highest BCUT2D eigenvalue weighted by Gasteiger charge is 1.74. The van der Waals surface area contributed by atoms with Crippen LogP contribution in [0.25, 0.3) is 0 Å². The third-order valence-electron chi connectivity index (χ3n) is 0.190. The lowest BCUT2D eigenvalue weighted by molar-refractivity contribution is 0.178. The summed E-state index contributed by atoms with van der Waals surface area (Å²) < 4.78 is 0.